The molecule has 0 saturated carbocycles. The second-order valence-electron chi connectivity index (χ2n) is 3.96. The van der Waals surface area contributed by atoms with Crippen LogP contribution in [0.4, 0.5) is 0 Å². The minimum absolute atomic E-state index is 0.455. The smallest absolute Gasteiger partial charge is 0.213 e. The lowest BCUT2D eigenvalue weighted by atomic mass is 10.1. The Kier molecular flexibility index (Phi) is 4.69. The molecular weight excluding hydrogens is 204 g/mol. The summed E-state index contributed by atoms with van der Waals surface area (Å²) in [6.45, 7) is 7.83. The van der Waals surface area contributed by atoms with Crippen LogP contribution in [-0.4, -0.2) is 25.6 Å². The molecule has 0 amide bonds. The molecule has 1 rings (SSSR count). The fraction of sp³-hybridized carbons (Fsp3) is 0.545. The number of aliphatic imine (C=N–C) groups is 1. The summed E-state index contributed by atoms with van der Waals surface area (Å²) >= 11 is 0. The van der Waals surface area contributed by atoms with Crippen LogP contribution >= 0.6 is 0 Å². The summed E-state index contributed by atoms with van der Waals surface area (Å²) in [6, 6.07) is 0. The first-order valence-corrected chi connectivity index (χ1v) is 5.40. The number of hydrogen-bond acceptors (Lipinski definition) is 5. The standard InChI is InChI=1S/C11H20N4O/c1-8-6-15-11(16-7-8)10(5-12)3-4-14-9(2)13/h5,8,14H,2-4,6-7,12-13H2,1H3. The monoisotopic (exact) mass is 224 g/mol. The van der Waals surface area contributed by atoms with Gasteiger partial charge in [-0.1, -0.05) is 13.5 Å². The molecule has 0 aromatic carbocycles. The van der Waals surface area contributed by atoms with Crippen molar-refractivity contribution in [2.75, 3.05) is 19.7 Å². The molecule has 1 heterocycles. The van der Waals surface area contributed by atoms with Gasteiger partial charge in [0.2, 0.25) is 5.90 Å². The van der Waals surface area contributed by atoms with Gasteiger partial charge in [-0.15, -0.1) is 0 Å². The number of nitrogens with two attached hydrogens (primary N) is 2. The number of rotatable bonds is 5. The molecule has 0 radical (unpaired) electrons. The van der Waals surface area contributed by atoms with E-state index in [1.807, 2.05) is 0 Å². The fourth-order valence-corrected chi connectivity index (χ4v) is 1.37. The Hall–Kier alpha value is -1.65. The predicted molar refractivity (Wildman–Crippen MR) is 65.6 cm³/mol. The molecular formula is C11H20N4O. The van der Waals surface area contributed by atoms with E-state index >= 15 is 0 Å². The van der Waals surface area contributed by atoms with E-state index in [9.17, 15) is 0 Å². The molecule has 0 bridgehead atoms. The normalized spacial score (nSPS) is 20.9. The number of hydrogen-bond donors (Lipinski definition) is 3. The van der Waals surface area contributed by atoms with E-state index in [0.717, 1.165) is 18.5 Å². The molecule has 0 spiro atoms. The SMILES string of the molecule is C=C(N)NCCC(=CN)C1=NCC(C)CO1. The third kappa shape index (κ3) is 3.84. The number of nitrogens with zero attached hydrogens (tertiary/aromatic N) is 1. The van der Waals surface area contributed by atoms with E-state index in [4.69, 9.17) is 16.2 Å². The van der Waals surface area contributed by atoms with Gasteiger partial charge in [-0.05, 0) is 6.42 Å². The van der Waals surface area contributed by atoms with Gasteiger partial charge in [0.25, 0.3) is 0 Å². The molecule has 0 aliphatic carbocycles. The fourth-order valence-electron chi connectivity index (χ4n) is 1.37. The summed E-state index contributed by atoms with van der Waals surface area (Å²) in [7, 11) is 0. The molecule has 1 aliphatic rings. The molecule has 5 nitrogen and oxygen atoms in total. The van der Waals surface area contributed by atoms with Crippen LogP contribution in [-0.2, 0) is 4.74 Å². The molecule has 5 N–H and O–H groups in total. The molecule has 1 aliphatic heterocycles. The maximum absolute atomic E-state index is 5.55. The lowest BCUT2D eigenvalue weighted by molar-refractivity contribution is 0.231. The number of ether oxygens (including phenoxy) is 1. The first kappa shape index (κ1) is 12.4. The molecule has 0 saturated heterocycles. The van der Waals surface area contributed by atoms with Gasteiger partial charge in [0.05, 0.1) is 12.4 Å². The van der Waals surface area contributed by atoms with Crippen LogP contribution in [0.15, 0.2) is 29.2 Å². The summed E-state index contributed by atoms with van der Waals surface area (Å²) < 4.78 is 5.52. The zero-order chi connectivity index (χ0) is 12.0. The van der Waals surface area contributed by atoms with Gasteiger partial charge >= 0.3 is 0 Å². The van der Waals surface area contributed by atoms with E-state index in [2.05, 4.69) is 23.8 Å². The molecule has 0 aromatic rings. The predicted octanol–water partition coefficient (Wildman–Crippen LogP) is 0.303. The molecule has 0 fully saturated rings. The lowest BCUT2D eigenvalue weighted by Gasteiger charge is -2.20. The van der Waals surface area contributed by atoms with Gasteiger partial charge in [-0.25, -0.2) is 0 Å². The third-order valence-corrected chi connectivity index (χ3v) is 2.27. The highest BCUT2D eigenvalue weighted by molar-refractivity contribution is 5.93. The Bertz CT molecular complexity index is 309. The average molecular weight is 224 g/mol. The van der Waals surface area contributed by atoms with Gasteiger partial charge in [0, 0.05) is 30.8 Å². The van der Waals surface area contributed by atoms with Gasteiger partial charge in [0.1, 0.15) is 0 Å². The van der Waals surface area contributed by atoms with Crippen molar-refractivity contribution in [3.8, 4) is 0 Å². The highest BCUT2D eigenvalue weighted by Gasteiger charge is 2.15. The first-order valence-electron chi connectivity index (χ1n) is 5.40. The van der Waals surface area contributed by atoms with Crippen LogP contribution in [0.25, 0.3) is 0 Å². The minimum atomic E-state index is 0.455. The van der Waals surface area contributed by atoms with E-state index in [1.54, 1.807) is 0 Å². The Morgan fingerprint density at radius 2 is 2.50 bits per heavy atom. The Morgan fingerprint density at radius 3 is 3.00 bits per heavy atom. The van der Waals surface area contributed by atoms with Crippen molar-refractivity contribution >= 4 is 5.90 Å². The van der Waals surface area contributed by atoms with Crippen LogP contribution in [0, 0.1) is 5.92 Å². The highest BCUT2D eigenvalue weighted by Crippen LogP contribution is 2.12. The second kappa shape index (κ2) is 6.05. The second-order valence-corrected chi connectivity index (χ2v) is 3.96. The molecule has 1 unspecified atom stereocenters. The van der Waals surface area contributed by atoms with Gasteiger partial charge in [0.15, 0.2) is 0 Å². The van der Waals surface area contributed by atoms with Crippen LogP contribution in [0.5, 0.6) is 0 Å². The van der Waals surface area contributed by atoms with Crippen molar-refractivity contribution < 1.29 is 4.74 Å². The highest BCUT2D eigenvalue weighted by atomic mass is 16.5. The van der Waals surface area contributed by atoms with E-state index in [-0.39, 0.29) is 0 Å². The summed E-state index contributed by atoms with van der Waals surface area (Å²) in [5, 5.41) is 2.93. The lowest BCUT2D eigenvalue weighted by Crippen LogP contribution is -2.26. The van der Waals surface area contributed by atoms with Crippen LogP contribution in [0.2, 0.25) is 0 Å². The van der Waals surface area contributed by atoms with Crippen LogP contribution in [0.3, 0.4) is 0 Å². The van der Waals surface area contributed by atoms with Crippen LogP contribution < -0.4 is 16.8 Å². The average Bonchev–Trinajstić information content (AvgIpc) is 2.26. The maximum atomic E-state index is 5.55. The quantitative estimate of drug-likeness (QED) is 0.627. The zero-order valence-electron chi connectivity index (χ0n) is 9.70. The number of nitrogens with one attached hydrogen (secondary N) is 1. The van der Waals surface area contributed by atoms with Crippen LogP contribution in [0.1, 0.15) is 13.3 Å². The van der Waals surface area contributed by atoms with Crippen molar-refractivity contribution in [1.29, 1.82) is 0 Å². The van der Waals surface area contributed by atoms with Gasteiger partial charge in [-0.2, -0.15) is 0 Å². The maximum Gasteiger partial charge on any atom is 0.213 e. The largest absolute Gasteiger partial charge is 0.477 e. The summed E-state index contributed by atoms with van der Waals surface area (Å²) in [6.07, 6.45) is 2.26. The van der Waals surface area contributed by atoms with Crippen molar-refractivity contribution in [3.05, 3.63) is 24.2 Å². The summed E-state index contributed by atoms with van der Waals surface area (Å²) in [4.78, 5) is 4.34. The van der Waals surface area contributed by atoms with E-state index in [1.165, 1.54) is 6.20 Å². The molecule has 16 heavy (non-hydrogen) atoms. The van der Waals surface area contributed by atoms with Crippen molar-refractivity contribution in [2.24, 2.45) is 22.4 Å². The van der Waals surface area contributed by atoms with E-state index in [0.29, 0.717) is 30.8 Å². The topological polar surface area (TPSA) is 85.7 Å². The van der Waals surface area contributed by atoms with Gasteiger partial charge < -0.3 is 21.5 Å². The van der Waals surface area contributed by atoms with Crippen molar-refractivity contribution in [2.45, 2.75) is 13.3 Å². The molecule has 1 atom stereocenters. The minimum Gasteiger partial charge on any atom is -0.477 e. The third-order valence-electron chi connectivity index (χ3n) is 2.27. The van der Waals surface area contributed by atoms with Crippen molar-refractivity contribution in [3.63, 3.8) is 0 Å². The van der Waals surface area contributed by atoms with Gasteiger partial charge in [-0.3, -0.25) is 4.99 Å². The summed E-state index contributed by atoms with van der Waals surface area (Å²) in [5.41, 5.74) is 11.9. The van der Waals surface area contributed by atoms with Crippen molar-refractivity contribution in [1.82, 2.24) is 5.32 Å². The Balaban J connectivity index is 2.46. The molecule has 90 valence electrons. The zero-order valence-corrected chi connectivity index (χ0v) is 9.70. The molecule has 5 heteroatoms. The molecule has 0 aromatic heterocycles. The Morgan fingerprint density at radius 1 is 1.75 bits per heavy atom. The van der Waals surface area contributed by atoms with E-state index < -0.39 is 0 Å². The summed E-state index contributed by atoms with van der Waals surface area (Å²) in [5.74, 6) is 1.59. The Labute approximate surface area is 96.2 Å². The first-order chi connectivity index (χ1) is 7.63.